The van der Waals surface area contributed by atoms with Crippen LogP contribution in [0.25, 0.3) is 21.3 Å². The van der Waals surface area contributed by atoms with Crippen LogP contribution in [0.4, 0.5) is 0 Å². The molecule has 30 heavy (non-hydrogen) atoms. The van der Waals surface area contributed by atoms with E-state index < -0.39 is 11.5 Å². The quantitative estimate of drug-likeness (QED) is 0.549. The first-order chi connectivity index (χ1) is 14.4. The molecule has 0 bridgehead atoms. The van der Waals surface area contributed by atoms with Gasteiger partial charge in [0, 0.05) is 17.4 Å². The Morgan fingerprint density at radius 1 is 1.20 bits per heavy atom. The molecule has 0 saturated carbocycles. The van der Waals surface area contributed by atoms with Crippen LogP contribution in [0, 0.1) is 0 Å². The van der Waals surface area contributed by atoms with Crippen LogP contribution < -0.4 is 5.56 Å². The number of aryl methyl sites for hydroxylation is 3. The van der Waals surface area contributed by atoms with Gasteiger partial charge in [0.25, 0.3) is 5.56 Å². The first-order valence-corrected chi connectivity index (χ1v) is 11.6. The lowest BCUT2D eigenvalue weighted by molar-refractivity contribution is -0.152. The summed E-state index contributed by atoms with van der Waals surface area (Å²) in [4.78, 5) is 31.9. The van der Waals surface area contributed by atoms with Crippen molar-refractivity contribution in [1.29, 1.82) is 0 Å². The van der Waals surface area contributed by atoms with Crippen LogP contribution >= 0.6 is 11.3 Å². The number of esters is 1. The van der Waals surface area contributed by atoms with Gasteiger partial charge in [0.15, 0.2) is 0 Å². The van der Waals surface area contributed by atoms with E-state index in [0.29, 0.717) is 17.6 Å². The van der Waals surface area contributed by atoms with Gasteiger partial charge in [-0.2, -0.15) is 0 Å². The molecule has 2 heterocycles. The van der Waals surface area contributed by atoms with Crippen molar-refractivity contribution in [3.8, 4) is 11.1 Å². The summed E-state index contributed by atoms with van der Waals surface area (Å²) in [6, 6.07) is 6.53. The fourth-order valence-electron chi connectivity index (χ4n) is 4.36. The molecule has 5 nitrogen and oxygen atoms in total. The van der Waals surface area contributed by atoms with E-state index in [2.05, 4.69) is 18.2 Å². The first-order valence-electron chi connectivity index (χ1n) is 10.7. The Labute approximate surface area is 180 Å². The van der Waals surface area contributed by atoms with Gasteiger partial charge in [-0.1, -0.05) is 25.1 Å². The minimum Gasteiger partial charge on any atom is -0.464 e. The summed E-state index contributed by atoms with van der Waals surface area (Å²) in [5, 5.41) is 2.61. The van der Waals surface area contributed by atoms with Crippen molar-refractivity contribution in [3.05, 3.63) is 50.9 Å². The maximum atomic E-state index is 13.7. The lowest BCUT2D eigenvalue weighted by Crippen LogP contribution is -2.45. The van der Waals surface area contributed by atoms with Crippen molar-refractivity contribution in [2.75, 3.05) is 6.61 Å². The van der Waals surface area contributed by atoms with Crippen LogP contribution in [0.2, 0.25) is 0 Å². The summed E-state index contributed by atoms with van der Waals surface area (Å²) in [6.07, 6.45) is 5.22. The largest absolute Gasteiger partial charge is 0.464 e. The smallest absolute Gasteiger partial charge is 0.331 e. The van der Waals surface area contributed by atoms with Gasteiger partial charge in [-0.05, 0) is 63.1 Å². The maximum absolute atomic E-state index is 13.7. The normalized spacial score (nSPS) is 14.0. The number of carbonyl (C=O) groups excluding carboxylic acids is 1. The van der Waals surface area contributed by atoms with Gasteiger partial charge in [0.1, 0.15) is 16.2 Å². The number of aromatic nitrogens is 2. The highest BCUT2D eigenvalue weighted by molar-refractivity contribution is 7.17. The Morgan fingerprint density at radius 3 is 2.63 bits per heavy atom. The lowest BCUT2D eigenvalue weighted by Gasteiger charge is -2.27. The van der Waals surface area contributed by atoms with Gasteiger partial charge in [-0.25, -0.2) is 9.78 Å². The lowest BCUT2D eigenvalue weighted by atomic mass is 9.89. The van der Waals surface area contributed by atoms with Crippen molar-refractivity contribution >= 4 is 27.5 Å². The molecule has 1 aromatic carbocycles. The molecular weight excluding hydrogens is 396 g/mol. The molecule has 2 aromatic heterocycles. The molecule has 1 aliphatic carbocycles. The third-order valence-corrected chi connectivity index (χ3v) is 6.86. The molecule has 0 fully saturated rings. The summed E-state index contributed by atoms with van der Waals surface area (Å²) in [5.74, 6) is 0.179. The molecule has 3 aromatic rings. The second kappa shape index (κ2) is 7.99. The zero-order valence-corrected chi connectivity index (χ0v) is 18.9. The molecule has 0 saturated heterocycles. The van der Waals surface area contributed by atoms with Crippen LogP contribution in [-0.2, 0) is 34.3 Å². The fraction of sp³-hybridized carbons (Fsp3) is 0.458. The Balaban J connectivity index is 1.93. The van der Waals surface area contributed by atoms with Crippen molar-refractivity contribution in [2.45, 2.75) is 65.3 Å². The molecule has 0 aliphatic heterocycles. The molecule has 0 unspecified atom stereocenters. The molecule has 6 heteroatoms. The van der Waals surface area contributed by atoms with Gasteiger partial charge in [-0.15, -0.1) is 11.3 Å². The summed E-state index contributed by atoms with van der Waals surface area (Å²) >= 11 is 1.49. The minimum absolute atomic E-state index is 0.177. The summed E-state index contributed by atoms with van der Waals surface area (Å²) < 4.78 is 6.79. The monoisotopic (exact) mass is 424 g/mol. The van der Waals surface area contributed by atoms with E-state index in [-0.39, 0.29) is 12.2 Å². The Bertz CT molecular complexity index is 1170. The third kappa shape index (κ3) is 3.37. The summed E-state index contributed by atoms with van der Waals surface area (Å²) in [7, 11) is 0. The number of ether oxygens (including phenoxy) is 1. The fourth-order valence-corrected chi connectivity index (χ4v) is 5.32. The Morgan fingerprint density at radius 2 is 1.93 bits per heavy atom. The number of nitrogens with zero attached hydrogens (tertiary/aromatic N) is 2. The van der Waals surface area contributed by atoms with Gasteiger partial charge < -0.3 is 4.74 Å². The van der Waals surface area contributed by atoms with Crippen LogP contribution in [0.1, 0.15) is 57.5 Å². The first kappa shape index (κ1) is 20.8. The second-order valence-electron chi connectivity index (χ2n) is 8.32. The number of carbonyl (C=O) groups is 1. The molecule has 4 rings (SSSR count). The van der Waals surface area contributed by atoms with Crippen LogP contribution in [-0.4, -0.2) is 22.1 Å². The predicted molar refractivity (Wildman–Crippen MR) is 121 cm³/mol. The van der Waals surface area contributed by atoms with E-state index in [0.717, 1.165) is 28.8 Å². The summed E-state index contributed by atoms with van der Waals surface area (Å²) in [5.41, 5.74) is 3.43. The molecule has 1 aliphatic rings. The molecule has 0 spiro atoms. The standard InChI is InChI=1S/C24H28N2O3S/c1-5-19-25-21-20(22(27)26(19)24(3,4)23(28)29-6-2)18(14-30-21)17-12-11-15-9-7-8-10-16(15)13-17/h11-14H,5-10H2,1-4H3. The van der Waals surface area contributed by atoms with E-state index in [1.165, 1.54) is 39.9 Å². The highest BCUT2D eigenvalue weighted by Crippen LogP contribution is 2.34. The van der Waals surface area contributed by atoms with Gasteiger partial charge in [-0.3, -0.25) is 9.36 Å². The van der Waals surface area contributed by atoms with Crippen LogP contribution in [0.3, 0.4) is 0 Å². The number of fused-ring (bicyclic) bond motifs is 2. The Hall–Kier alpha value is -2.47. The zero-order valence-electron chi connectivity index (χ0n) is 18.1. The van der Waals surface area contributed by atoms with Crippen molar-refractivity contribution in [3.63, 3.8) is 0 Å². The molecular formula is C24H28N2O3S. The van der Waals surface area contributed by atoms with Gasteiger partial charge in [0.05, 0.1) is 12.0 Å². The highest BCUT2D eigenvalue weighted by Gasteiger charge is 2.35. The van der Waals surface area contributed by atoms with Crippen LogP contribution in [0.15, 0.2) is 28.4 Å². The summed E-state index contributed by atoms with van der Waals surface area (Å²) in [6.45, 7) is 7.44. The SMILES string of the molecule is CCOC(=O)C(C)(C)n1c(CC)nc2scc(-c3ccc4c(c3)CCCC4)c2c1=O. The number of benzene rings is 1. The maximum Gasteiger partial charge on any atom is 0.331 e. The van der Waals surface area contributed by atoms with E-state index in [4.69, 9.17) is 9.72 Å². The van der Waals surface area contributed by atoms with Crippen molar-refractivity contribution in [1.82, 2.24) is 9.55 Å². The third-order valence-electron chi connectivity index (χ3n) is 5.99. The van der Waals surface area contributed by atoms with E-state index >= 15 is 0 Å². The van der Waals surface area contributed by atoms with E-state index in [1.54, 1.807) is 20.8 Å². The van der Waals surface area contributed by atoms with Gasteiger partial charge in [0.2, 0.25) is 0 Å². The predicted octanol–water partition coefficient (Wildman–Crippen LogP) is 4.86. The molecule has 0 atom stereocenters. The molecule has 158 valence electrons. The topological polar surface area (TPSA) is 61.2 Å². The average Bonchev–Trinajstić information content (AvgIpc) is 3.17. The number of hydrogen-bond donors (Lipinski definition) is 0. The minimum atomic E-state index is -1.13. The molecule has 0 N–H and O–H groups in total. The second-order valence-corrected chi connectivity index (χ2v) is 9.18. The number of hydrogen-bond acceptors (Lipinski definition) is 5. The number of thiophene rings is 1. The zero-order chi connectivity index (χ0) is 21.5. The van der Waals surface area contributed by atoms with Crippen molar-refractivity contribution < 1.29 is 9.53 Å². The van der Waals surface area contributed by atoms with E-state index in [9.17, 15) is 9.59 Å². The molecule has 0 radical (unpaired) electrons. The highest BCUT2D eigenvalue weighted by atomic mass is 32.1. The van der Waals surface area contributed by atoms with Crippen molar-refractivity contribution in [2.24, 2.45) is 0 Å². The van der Waals surface area contributed by atoms with Crippen LogP contribution in [0.5, 0.6) is 0 Å². The Kier molecular flexibility index (Phi) is 5.53. The number of rotatable bonds is 5. The molecule has 0 amide bonds. The van der Waals surface area contributed by atoms with Gasteiger partial charge >= 0.3 is 5.97 Å². The van der Waals surface area contributed by atoms with E-state index in [1.807, 2.05) is 12.3 Å². The average molecular weight is 425 g/mol.